The van der Waals surface area contributed by atoms with Crippen molar-refractivity contribution in [1.29, 1.82) is 0 Å². The summed E-state index contributed by atoms with van der Waals surface area (Å²) < 4.78 is 1.03. The van der Waals surface area contributed by atoms with Crippen molar-refractivity contribution in [3.8, 4) is 0 Å². The fourth-order valence-corrected chi connectivity index (χ4v) is 4.83. The molecule has 0 aliphatic carbocycles. The van der Waals surface area contributed by atoms with Crippen LogP contribution in [0.1, 0.15) is 37.9 Å². The molecule has 10 heteroatoms. The van der Waals surface area contributed by atoms with E-state index in [9.17, 15) is 14.4 Å². The second kappa shape index (κ2) is 9.38. The molecule has 9 nitrogen and oxygen atoms in total. The molecule has 1 fully saturated rings. The van der Waals surface area contributed by atoms with E-state index in [1.807, 2.05) is 39.0 Å². The van der Waals surface area contributed by atoms with Crippen LogP contribution < -0.4 is 11.1 Å². The summed E-state index contributed by atoms with van der Waals surface area (Å²) in [7, 11) is 0. The number of anilines is 2. The van der Waals surface area contributed by atoms with Crippen LogP contribution in [-0.2, 0) is 14.4 Å². The number of aromatic nitrogens is 2. The predicted molar refractivity (Wildman–Crippen MR) is 132 cm³/mol. The molecule has 1 saturated heterocycles. The van der Waals surface area contributed by atoms with Gasteiger partial charge < -0.3 is 20.9 Å². The smallest absolute Gasteiger partial charge is 0.313 e. The Morgan fingerprint density at radius 2 is 1.91 bits per heavy atom. The highest BCUT2D eigenvalue weighted by Crippen LogP contribution is 2.32. The molecule has 0 spiro atoms. The first-order chi connectivity index (χ1) is 16.2. The Kier molecular flexibility index (Phi) is 6.52. The lowest BCUT2D eigenvalue weighted by molar-refractivity contribution is -0.152. The second-order valence-electron chi connectivity index (χ2n) is 8.93. The Morgan fingerprint density at radius 1 is 1.15 bits per heavy atom. The summed E-state index contributed by atoms with van der Waals surface area (Å²) >= 11 is 1.53. The Morgan fingerprint density at radius 3 is 2.62 bits per heavy atom. The number of hydrogen-bond donors (Lipinski definition) is 2. The van der Waals surface area contributed by atoms with Gasteiger partial charge in [-0.2, -0.15) is 0 Å². The number of rotatable bonds is 3. The van der Waals surface area contributed by atoms with Gasteiger partial charge in [0.2, 0.25) is 5.91 Å². The van der Waals surface area contributed by atoms with Crippen LogP contribution in [-0.4, -0.2) is 56.6 Å². The Hall–Kier alpha value is -3.53. The standard InChI is InChI=1S/C24H28N6O3S/c1-13(2)23(32)29-11-19(16-5-6-20-18(8-16)27-12-34-20)30(10-15(29)4)24(33)22(31)28-17-7-14(3)21(25)26-9-17/h5-9,12-13,15,19H,10-11H2,1-4H3,(H2,25,26)(H,28,31)/t15-,19?/m0/s1. The fraction of sp³-hybridized carbons (Fsp3) is 0.375. The van der Waals surface area contributed by atoms with Crippen molar-refractivity contribution in [2.75, 3.05) is 24.1 Å². The molecule has 2 aromatic heterocycles. The number of aryl methyl sites for hydroxylation is 1. The fourth-order valence-electron chi connectivity index (χ4n) is 4.17. The maximum Gasteiger partial charge on any atom is 0.313 e. The molecule has 1 unspecified atom stereocenters. The van der Waals surface area contributed by atoms with Crippen LogP contribution in [0.3, 0.4) is 0 Å². The summed E-state index contributed by atoms with van der Waals surface area (Å²) in [5, 5.41) is 2.63. The molecule has 34 heavy (non-hydrogen) atoms. The molecule has 4 rings (SSSR count). The number of carbonyl (C=O) groups excluding carboxylic acids is 3. The zero-order valence-corrected chi connectivity index (χ0v) is 20.4. The normalized spacial score (nSPS) is 18.4. The molecule has 2 atom stereocenters. The van der Waals surface area contributed by atoms with Gasteiger partial charge in [0.1, 0.15) is 5.82 Å². The lowest BCUT2D eigenvalue weighted by Crippen LogP contribution is -2.59. The molecule has 1 aliphatic rings. The van der Waals surface area contributed by atoms with Gasteiger partial charge in [0.05, 0.1) is 33.7 Å². The molecule has 3 aromatic rings. The third kappa shape index (κ3) is 4.58. The zero-order chi connectivity index (χ0) is 24.6. The topological polar surface area (TPSA) is 122 Å². The average molecular weight is 481 g/mol. The minimum atomic E-state index is -0.762. The Balaban J connectivity index is 1.64. The summed E-state index contributed by atoms with van der Waals surface area (Å²) in [6.45, 7) is 7.93. The molecule has 0 saturated carbocycles. The van der Waals surface area contributed by atoms with Gasteiger partial charge in [-0.25, -0.2) is 9.97 Å². The van der Waals surface area contributed by atoms with E-state index in [4.69, 9.17) is 5.73 Å². The molecule has 0 radical (unpaired) electrons. The number of nitrogens with two attached hydrogens (primary N) is 1. The van der Waals surface area contributed by atoms with Crippen molar-refractivity contribution >= 4 is 50.8 Å². The van der Waals surface area contributed by atoms with Crippen molar-refractivity contribution in [3.05, 3.63) is 47.1 Å². The highest BCUT2D eigenvalue weighted by molar-refractivity contribution is 7.16. The SMILES string of the molecule is Cc1cc(NC(=O)C(=O)N2C[C@H](C)N(C(=O)C(C)C)CC2c2ccc3scnc3c2)cnc1N. The first-order valence-corrected chi connectivity index (χ1v) is 12.0. The summed E-state index contributed by atoms with van der Waals surface area (Å²) in [5.41, 5.74) is 10.3. The molecule has 1 aliphatic heterocycles. The maximum atomic E-state index is 13.4. The average Bonchev–Trinajstić information content (AvgIpc) is 3.28. The van der Waals surface area contributed by atoms with Crippen LogP contribution in [0.5, 0.6) is 0 Å². The van der Waals surface area contributed by atoms with Crippen LogP contribution in [0.4, 0.5) is 11.5 Å². The summed E-state index contributed by atoms with van der Waals surface area (Å²) in [6.07, 6.45) is 1.42. The van der Waals surface area contributed by atoms with E-state index in [2.05, 4.69) is 15.3 Å². The number of nitrogens with zero attached hydrogens (tertiary/aromatic N) is 4. The van der Waals surface area contributed by atoms with Gasteiger partial charge in [-0.05, 0) is 43.2 Å². The molecule has 3 amide bonds. The molecule has 1 aromatic carbocycles. The van der Waals surface area contributed by atoms with Crippen LogP contribution in [0.2, 0.25) is 0 Å². The number of benzene rings is 1. The minimum Gasteiger partial charge on any atom is -0.383 e. The van der Waals surface area contributed by atoms with Crippen LogP contribution in [0.25, 0.3) is 10.2 Å². The quantitative estimate of drug-likeness (QED) is 0.556. The van der Waals surface area contributed by atoms with Crippen molar-refractivity contribution in [2.24, 2.45) is 5.92 Å². The van der Waals surface area contributed by atoms with Gasteiger partial charge in [0.25, 0.3) is 0 Å². The molecular weight excluding hydrogens is 452 g/mol. The minimum absolute atomic E-state index is 0.0206. The largest absolute Gasteiger partial charge is 0.383 e. The number of piperazine rings is 1. The van der Waals surface area contributed by atoms with Gasteiger partial charge >= 0.3 is 11.8 Å². The molecule has 3 heterocycles. The van der Waals surface area contributed by atoms with Crippen LogP contribution in [0, 0.1) is 12.8 Å². The highest BCUT2D eigenvalue weighted by Gasteiger charge is 2.40. The van der Waals surface area contributed by atoms with E-state index in [1.54, 1.807) is 28.3 Å². The van der Waals surface area contributed by atoms with E-state index >= 15 is 0 Å². The Labute approximate surface area is 202 Å². The first-order valence-electron chi connectivity index (χ1n) is 11.1. The van der Waals surface area contributed by atoms with Gasteiger partial charge in [0.15, 0.2) is 0 Å². The van der Waals surface area contributed by atoms with Crippen LogP contribution >= 0.6 is 11.3 Å². The van der Waals surface area contributed by atoms with Crippen molar-refractivity contribution in [3.63, 3.8) is 0 Å². The number of nitrogen functional groups attached to an aromatic ring is 1. The lowest BCUT2D eigenvalue weighted by Gasteiger charge is -2.45. The zero-order valence-electron chi connectivity index (χ0n) is 19.6. The number of pyridine rings is 1. The van der Waals surface area contributed by atoms with Gasteiger partial charge in [-0.15, -0.1) is 11.3 Å². The van der Waals surface area contributed by atoms with E-state index in [1.165, 1.54) is 17.5 Å². The Bertz CT molecular complexity index is 1260. The van der Waals surface area contributed by atoms with E-state index in [0.717, 1.165) is 15.8 Å². The monoisotopic (exact) mass is 480 g/mol. The van der Waals surface area contributed by atoms with E-state index < -0.39 is 17.9 Å². The summed E-state index contributed by atoms with van der Waals surface area (Å²) in [5.74, 6) is -1.22. The van der Waals surface area contributed by atoms with Crippen LogP contribution in [0.15, 0.2) is 36.0 Å². The van der Waals surface area contributed by atoms with E-state index in [-0.39, 0.29) is 24.4 Å². The number of amides is 3. The predicted octanol–water partition coefficient (Wildman–Crippen LogP) is 2.98. The highest BCUT2D eigenvalue weighted by atomic mass is 32.1. The maximum absolute atomic E-state index is 13.4. The number of nitrogens with one attached hydrogen (secondary N) is 1. The lowest BCUT2D eigenvalue weighted by atomic mass is 9.97. The molecular formula is C24H28N6O3S. The van der Waals surface area contributed by atoms with Gasteiger partial charge in [-0.1, -0.05) is 19.9 Å². The van der Waals surface area contributed by atoms with Gasteiger partial charge in [0, 0.05) is 25.0 Å². The number of thiazole rings is 1. The molecule has 178 valence electrons. The molecule has 0 bridgehead atoms. The van der Waals surface area contributed by atoms with Crippen molar-refractivity contribution in [1.82, 2.24) is 19.8 Å². The number of hydrogen-bond acceptors (Lipinski definition) is 7. The summed E-state index contributed by atoms with van der Waals surface area (Å²) in [6, 6.07) is 6.78. The number of fused-ring (bicyclic) bond motifs is 1. The van der Waals surface area contributed by atoms with E-state index in [0.29, 0.717) is 23.6 Å². The first kappa shape index (κ1) is 23.6. The summed E-state index contributed by atoms with van der Waals surface area (Å²) in [4.78, 5) is 50.9. The van der Waals surface area contributed by atoms with Crippen molar-refractivity contribution in [2.45, 2.75) is 39.8 Å². The second-order valence-corrected chi connectivity index (χ2v) is 9.81. The third-order valence-corrected chi connectivity index (χ3v) is 6.90. The number of carbonyl (C=O) groups is 3. The van der Waals surface area contributed by atoms with Crippen molar-refractivity contribution < 1.29 is 14.4 Å². The third-order valence-electron chi connectivity index (χ3n) is 6.09. The molecule has 3 N–H and O–H groups in total. The van der Waals surface area contributed by atoms with Gasteiger partial charge in [-0.3, -0.25) is 14.4 Å².